The number of fused-ring (bicyclic) bond motifs is 1. The largest absolute Gasteiger partial charge is 0.423 e. The number of aromatic nitrogens is 1. The molecule has 3 rings (SSSR count). The molecular formula is C13H17N3O2. The molecule has 1 aromatic carbocycles. The molecule has 1 saturated heterocycles. The first kappa shape index (κ1) is 11.3. The Balaban J connectivity index is 1.82. The van der Waals surface area contributed by atoms with Gasteiger partial charge in [0.25, 0.3) is 6.01 Å². The summed E-state index contributed by atoms with van der Waals surface area (Å²) >= 11 is 0. The Hall–Kier alpha value is -1.75. The first-order valence-electron chi connectivity index (χ1n) is 6.16. The Morgan fingerprint density at radius 1 is 1.56 bits per heavy atom. The predicted octanol–water partition coefficient (Wildman–Crippen LogP) is 1.88. The Bertz CT molecular complexity index is 552. The standard InChI is InChI=1S/C13H17N3O2/c1-17-8-9-4-5-16(7-9)13-15-11-6-10(14)2-3-12(11)18-13/h2-3,6,9H,4-5,7-8,14H2,1H3. The van der Waals surface area contributed by atoms with Gasteiger partial charge in [-0.05, 0) is 24.6 Å². The molecule has 2 N–H and O–H groups in total. The van der Waals surface area contributed by atoms with Crippen LogP contribution in [0.25, 0.3) is 11.1 Å². The van der Waals surface area contributed by atoms with Gasteiger partial charge < -0.3 is 19.8 Å². The van der Waals surface area contributed by atoms with Crippen LogP contribution in [0.1, 0.15) is 6.42 Å². The van der Waals surface area contributed by atoms with E-state index in [-0.39, 0.29) is 0 Å². The van der Waals surface area contributed by atoms with Crippen LogP contribution in [0.2, 0.25) is 0 Å². The van der Waals surface area contributed by atoms with Gasteiger partial charge >= 0.3 is 0 Å². The first-order valence-corrected chi connectivity index (χ1v) is 6.16. The van der Waals surface area contributed by atoms with E-state index in [1.807, 2.05) is 18.2 Å². The maximum atomic E-state index is 5.75. The summed E-state index contributed by atoms with van der Waals surface area (Å²) in [6.45, 7) is 2.70. The Labute approximate surface area is 106 Å². The van der Waals surface area contributed by atoms with Crippen LogP contribution in [-0.2, 0) is 4.74 Å². The molecule has 1 aliphatic rings. The van der Waals surface area contributed by atoms with Gasteiger partial charge in [0.1, 0.15) is 5.52 Å². The summed E-state index contributed by atoms with van der Waals surface area (Å²) in [4.78, 5) is 6.66. The van der Waals surface area contributed by atoms with Gasteiger partial charge in [0.15, 0.2) is 5.58 Å². The molecule has 0 amide bonds. The third-order valence-electron chi connectivity index (χ3n) is 3.36. The van der Waals surface area contributed by atoms with Gasteiger partial charge in [-0.25, -0.2) is 0 Å². The van der Waals surface area contributed by atoms with Crippen LogP contribution in [0.3, 0.4) is 0 Å². The number of nitrogen functional groups attached to an aromatic ring is 1. The summed E-state index contributed by atoms with van der Waals surface area (Å²) in [6.07, 6.45) is 1.12. The SMILES string of the molecule is COCC1CCN(c2nc3cc(N)ccc3o2)C1. The Kier molecular flexibility index (Phi) is 2.83. The molecule has 5 heteroatoms. The topological polar surface area (TPSA) is 64.5 Å². The van der Waals surface area contributed by atoms with E-state index in [1.165, 1.54) is 0 Å². The normalized spacial score (nSPS) is 19.8. The molecule has 0 saturated carbocycles. The van der Waals surface area contributed by atoms with Crippen molar-refractivity contribution in [2.75, 3.05) is 37.4 Å². The second-order valence-corrected chi connectivity index (χ2v) is 4.78. The highest BCUT2D eigenvalue weighted by molar-refractivity contribution is 5.78. The van der Waals surface area contributed by atoms with Crippen molar-refractivity contribution in [3.63, 3.8) is 0 Å². The molecular weight excluding hydrogens is 230 g/mol. The van der Waals surface area contributed by atoms with Crippen LogP contribution in [0.15, 0.2) is 22.6 Å². The molecule has 18 heavy (non-hydrogen) atoms. The van der Waals surface area contributed by atoms with Crippen molar-refractivity contribution >= 4 is 22.8 Å². The van der Waals surface area contributed by atoms with Crippen LogP contribution in [-0.4, -0.2) is 31.8 Å². The molecule has 1 atom stereocenters. The summed E-state index contributed by atoms with van der Waals surface area (Å²) in [6, 6.07) is 6.22. The molecule has 1 fully saturated rings. The van der Waals surface area contributed by atoms with Crippen molar-refractivity contribution < 1.29 is 9.15 Å². The molecule has 5 nitrogen and oxygen atoms in total. The number of methoxy groups -OCH3 is 1. The van der Waals surface area contributed by atoms with Gasteiger partial charge in [-0.15, -0.1) is 0 Å². The lowest BCUT2D eigenvalue weighted by Gasteiger charge is -2.12. The van der Waals surface area contributed by atoms with Crippen LogP contribution in [0.4, 0.5) is 11.7 Å². The number of hydrogen-bond acceptors (Lipinski definition) is 5. The second-order valence-electron chi connectivity index (χ2n) is 4.78. The molecule has 0 bridgehead atoms. The van der Waals surface area contributed by atoms with Crippen molar-refractivity contribution in [2.24, 2.45) is 5.92 Å². The quantitative estimate of drug-likeness (QED) is 0.839. The molecule has 1 aliphatic heterocycles. The molecule has 0 spiro atoms. The monoisotopic (exact) mass is 247 g/mol. The summed E-state index contributed by atoms with van der Waals surface area (Å²) in [7, 11) is 1.74. The molecule has 96 valence electrons. The minimum Gasteiger partial charge on any atom is -0.423 e. The number of anilines is 2. The predicted molar refractivity (Wildman–Crippen MR) is 70.6 cm³/mol. The van der Waals surface area contributed by atoms with Crippen LogP contribution in [0, 0.1) is 5.92 Å². The van der Waals surface area contributed by atoms with Gasteiger partial charge in [0.05, 0.1) is 6.61 Å². The highest BCUT2D eigenvalue weighted by Gasteiger charge is 2.25. The number of nitrogens with zero attached hydrogens (tertiary/aromatic N) is 2. The molecule has 2 aromatic rings. The maximum Gasteiger partial charge on any atom is 0.298 e. The molecule has 0 aliphatic carbocycles. The zero-order chi connectivity index (χ0) is 12.5. The molecule has 1 unspecified atom stereocenters. The van der Waals surface area contributed by atoms with E-state index >= 15 is 0 Å². The molecule has 1 aromatic heterocycles. The lowest BCUT2D eigenvalue weighted by atomic mass is 10.1. The van der Waals surface area contributed by atoms with Gasteiger partial charge in [-0.1, -0.05) is 0 Å². The van der Waals surface area contributed by atoms with Gasteiger partial charge in [-0.2, -0.15) is 4.98 Å². The lowest BCUT2D eigenvalue weighted by molar-refractivity contribution is 0.160. The van der Waals surface area contributed by atoms with Crippen LogP contribution < -0.4 is 10.6 Å². The third-order valence-corrected chi connectivity index (χ3v) is 3.36. The Morgan fingerprint density at radius 2 is 2.44 bits per heavy atom. The van der Waals surface area contributed by atoms with Crippen molar-refractivity contribution in [3.05, 3.63) is 18.2 Å². The van der Waals surface area contributed by atoms with Gasteiger partial charge in [0, 0.05) is 31.8 Å². The van der Waals surface area contributed by atoms with E-state index in [2.05, 4.69) is 9.88 Å². The number of ether oxygens (including phenoxy) is 1. The summed E-state index contributed by atoms with van der Waals surface area (Å²) in [5.41, 5.74) is 8.05. The molecule has 0 radical (unpaired) electrons. The number of oxazole rings is 1. The highest BCUT2D eigenvalue weighted by atomic mass is 16.5. The van der Waals surface area contributed by atoms with Crippen molar-refractivity contribution in [1.82, 2.24) is 4.98 Å². The lowest BCUT2D eigenvalue weighted by Crippen LogP contribution is -2.21. The van der Waals surface area contributed by atoms with Crippen LogP contribution >= 0.6 is 0 Å². The zero-order valence-corrected chi connectivity index (χ0v) is 10.4. The van der Waals surface area contributed by atoms with Crippen molar-refractivity contribution in [2.45, 2.75) is 6.42 Å². The van der Waals surface area contributed by atoms with E-state index < -0.39 is 0 Å². The highest BCUT2D eigenvalue weighted by Crippen LogP contribution is 2.27. The van der Waals surface area contributed by atoms with Crippen molar-refractivity contribution in [1.29, 1.82) is 0 Å². The third kappa shape index (κ3) is 2.01. The van der Waals surface area contributed by atoms with Crippen LogP contribution in [0.5, 0.6) is 0 Å². The van der Waals surface area contributed by atoms with E-state index in [0.717, 1.165) is 37.2 Å². The average Bonchev–Trinajstić information content (AvgIpc) is 2.94. The minimum atomic E-state index is 0.565. The van der Waals surface area contributed by atoms with Gasteiger partial charge in [-0.3, -0.25) is 0 Å². The summed E-state index contributed by atoms with van der Waals surface area (Å²) < 4.78 is 10.9. The van der Waals surface area contributed by atoms with E-state index in [1.54, 1.807) is 7.11 Å². The summed E-state index contributed by atoms with van der Waals surface area (Å²) in [5.74, 6) is 0.565. The zero-order valence-electron chi connectivity index (χ0n) is 10.4. The summed E-state index contributed by atoms with van der Waals surface area (Å²) in [5, 5.41) is 0. The number of hydrogen-bond donors (Lipinski definition) is 1. The minimum absolute atomic E-state index is 0.565. The number of nitrogens with two attached hydrogens (primary N) is 1. The second kappa shape index (κ2) is 4.49. The number of benzene rings is 1. The maximum absolute atomic E-state index is 5.75. The smallest absolute Gasteiger partial charge is 0.298 e. The van der Waals surface area contributed by atoms with E-state index in [4.69, 9.17) is 14.9 Å². The Morgan fingerprint density at radius 3 is 3.28 bits per heavy atom. The van der Waals surface area contributed by atoms with Gasteiger partial charge in [0.2, 0.25) is 0 Å². The fourth-order valence-electron chi connectivity index (χ4n) is 2.45. The average molecular weight is 247 g/mol. The molecule has 2 heterocycles. The fraction of sp³-hybridized carbons (Fsp3) is 0.462. The first-order chi connectivity index (χ1) is 8.76. The fourth-order valence-corrected chi connectivity index (χ4v) is 2.45. The van der Waals surface area contributed by atoms with E-state index in [9.17, 15) is 0 Å². The number of rotatable bonds is 3. The van der Waals surface area contributed by atoms with E-state index in [0.29, 0.717) is 17.6 Å². The van der Waals surface area contributed by atoms with Crippen molar-refractivity contribution in [3.8, 4) is 0 Å².